The van der Waals surface area contributed by atoms with Gasteiger partial charge in [0, 0.05) is 12.6 Å². The summed E-state index contributed by atoms with van der Waals surface area (Å²) in [5.74, 6) is 0. The number of nitrogens with one attached hydrogen (secondary N) is 1. The summed E-state index contributed by atoms with van der Waals surface area (Å²) in [4.78, 5) is 0. The van der Waals surface area contributed by atoms with E-state index in [0.717, 1.165) is 6.54 Å². The second kappa shape index (κ2) is 2.28. The van der Waals surface area contributed by atoms with Crippen LogP contribution in [0.15, 0.2) is 0 Å². The summed E-state index contributed by atoms with van der Waals surface area (Å²) in [5.41, 5.74) is 0. The van der Waals surface area contributed by atoms with Crippen LogP contribution in [0.5, 0.6) is 0 Å². The Morgan fingerprint density at radius 3 is 2.71 bits per heavy atom. The minimum absolute atomic E-state index is 0.253. The van der Waals surface area contributed by atoms with Crippen molar-refractivity contribution in [2.45, 2.75) is 12.8 Å². The van der Waals surface area contributed by atoms with Gasteiger partial charge in [-0.1, -0.05) is 0 Å². The van der Waals surface area contributed by atoms with Gasteiger partial charge in [0.2, 0.25) is 0 Å². The van der Waals surface area contributed by atoms with Crippen molar-refractivity contribution in [2.24, 2.45) is 0 Å². The van der Waals surface area contributed by atoms with Crippen LogP contribution in [-0.2, 0) is 0 Å². The van der Waals surface area contributed by atoms with E-state index in [0.29, 0.717) is 0 Å². The Bertz CT molecular complexity index is 52.0. The van der Waals surface area contributed by atoms with Crippen LogP contribution in [0.25, 0.3) is 0 Å². The maximum absolute atomic E-state index is 8.27. The first-order chi connectivity index (χ1) is 3.43. The maximum atomic E-state index is 8.27. The Balaban J connectivity index is 1.80. The quantitative estimate of drug-likeness (QED) is 0.519. The summed E-state index contributed by atoms with van der Waals surface area (Å²) < 4.78 is 0. The second-order valence-electron chi connectivity index (χ2n) is 1.75. The van der Waals surface area contributed by atoms with Gasteiger partial charge in [0.1, 0.15) is 0 Å². The molecule has 2 N–H and O–H groups in total. The van der Waals surface area contributed by atoms with Gasteiger partial charge in [-0.2, -0.15) is 0 Å². The summed E-state index contributed by atoms with van der Waals surface area (Å²) in [7, 11) is 0. The molecule has 0 heterocycles. The van der Waals surface area contributed by atoms with Crippen molar-refractivity contribution in [3.8, 4) is 0 Å². The van der Waals surface area contributed by atoms with E-state index in [-0.39, 0.29) is 6.61 Å². The maximum Gasteiger partial charge on any atom is 0.0556 e. The van der Waals surface area contributed by atoms with Gasteiger partial charge in [-0.3, -0.25) is 0 Å². The molecule has 0 aliphatic heterocycles. The highest BCUT2D eigenvalue weighted by atomic mass is 16.3. The van der Waals surface area contributed by atoms with E-state index in [1.165, 1.54) is 18.9 Å². The van der Waals surface area contributed by atoms with Crippen molar-refractivity contribution in [2.75, 3.05) is 13.2 Å². The fraction of sp³-hybridized carbons (Fsp3) is 0.800. The largest absolute Gasteiger partial charge is 0.395 e. The summed E-state index contributed by atoms with van der Waals surface area (Å²) >= 11 is 0. The molecule has 0 saturated heterocycles. The molecule has 1 aliphatic rings. The molecule has 1 saturated carbocycles. The lowest BCUT2D eigenvalue weighted by Gasteiger charge is -1.93. The molecular weight excluding hydrogens is 90.1 g/mol. The lowest BCUT2D eigenvalue weighted by molar-refractivity contribution is 0.296. The van der Waals surface area contributed by atoms with Crippen molar-refractivity contribution < 1.29 is 5.11 Å². The molecule has 41 valence electrons. The SMILES string of the molecule is OCCN[C]1CC1. The Kier molecular flexibility index (Phi) is 1.65. The van der Waals surface area contributed by atoms with Gasteiger partial charge in [0.15, 0.2) is 0 Å². The van der Waals surface area contributed by atoms with Crippen LogP contribution in [0.1, 0.15) is 12.8 Å². The first kappa shape index (κ1) is 5.06. The molecule has 0 aromatic carbocycles. The smallest absolute Gasteiger partial charge is 0.0556 e. The number of aliphatic hydroxyl groups excluding tert-OH is 1. The standard InChI is InChI=1S/C5H10NO/c7-4-3-6-5-1-2-5/h6-7H,1-4H2. The average molecular weight is 100 g/mol. The Labute approximate surface area is 43.5 Å². The van der Waals surface area contributed by atoms with Crippen LogP contribution in [-0.4, -0.2) is 18.3 Å². The van der Waals surface area contributed by atoms with Crippen LogP contribution >= 0.6 is 0 Å². The van der Waals surface area contributed by atoms with Crippen LogP contribution in [0.3, 0.4) is 0 Å². The van der Waals surface area contributed by atoms with Crippen LogP contribution < -0.4 is 5.32 Å². The summed E-state index contributed by atoms with van der Waals surface area (Å²) in [6, 6.07) is 1.40. The minimum atomic E-state index is 0.253. The predicted molar refractivity (Wildman–Crippen MR) is 27.6 cm³/mol. The monoisotopic (exact) mass is 100 g/mol. The van der Waals surface area contributed by atoms with Crippen LogP contribution in [0, 0.1) is 6.04 Å². The van der Waals surface area contributed by atoms with Gasteiger partial charge in [-0.25, -0.2) is 0 Å². The van der Waals surface area contributed by atoms with Gasteiger partial charge in [-0.05, 0) is 12.8 Å². The number of aliphatic hydroxyl groups is 1. The zero-order valence-corrected chi connectivity index (χ0v) is 4.28. The summed E-state index contributed by atoms with van der Waals surface area (Å²) in [6.45, 7) is 0.985. The normalized spacial score (nSPS) is 20.1. The molecular formula is C5H10NO. The molecule has 0 spiro atoms. The van der Waals surface area contributed by atoms with E-state index >= 15 is 0 Å². The van der Waals surface area contributed by atoms with Gasteiger partial charge in [-0.15, -0.1) is 0 Å². The third kappa shape index (κ3) is 1.90. The molecule has 0 amide bonds. The van der Waals surface area contributed by atoms with Crippen molar-refractivity contribution in [1.29, 1.82) is 0 Å². The first-order valence-electron chi connectivity index (χ1n) is 2.63. The molecule has 0 bridgehead atoms. The molecule has 1 aliphatic carbocycles. The lowest BCUT2D eigenvalue weighted by Crippen LogP contribution is -2.14. The van der Waals surface area contributed by atoms with E-state index in [2.05, 4.69) is 5.32 Å². The van der Waals surface area contributed by atoms with Gasteiger partial charge < -0.3 is 10.4 Å². The van der Waals surface area contributed by atoms with E-state index in [1.807, 2.05) is 0 Å². The van der Waals surface area contributed by atoms with E-state index in [9.17, 15) is 0 Å². The molecule has 2 heteroatoms. The Hall–Kier alpha value is -0.0800. The number of rotatable bonds is 3. The van der Waals surface area contributed by atoms with Gasteiger partial charge in [0.25, 0.3) is 0 Å². The Morgan fingerprint density at radius 2 is 2.29 bits per heavy atom. The molecule has 7 heavy (non-hydrogen) atoms. The third-order valence-corrected chi connectivity index (χ3v) is 0.987. The number of hydrogen-bond donors (Lipinski definition) is 2. The van der Waals surface area contributed by atoms with Crippen molar-refractivity contribution in [1.82, 2.24) is 5.32 Å². The summed E-state index contributed by atoms with van der Waals surface area (Å²) in [6.07, 6.45) is 2.44. The Morgan fingerprint density at radius 1 is 1.57 bits per heavy atom. The highest BCUT2D eigenvalue weighted by Gasteiger charge is 2.20. The topological polar surface area (TPSA) is 32.3 Å². The van der Waals surface area contributed by atoms with E-state index in [1.54, 1.807) is 0 Å². The fourth-order valence-corrected chi connectivity index (χ4v) is 0.472. The van der Waals surface area contributed by atoms with Crippen LogP contribution in [0.4, 0.5) is 0 Å². The molecule has 1 fully saturated rings. The first-order valence-corrected chi connectivity index (χ1v) is 2.63. The molecule has 2 nitrogen and oxygen atoms in total. The van der Waals surface area contributed by atoms with E-state index < -0.39 is 0 Å². The predicted octanol–water partition coefficient (Wildman–Crippen LogP) is -0.106. The molecule has 0 aromatic heterocycles. The average Bonchev–Trinajstić information content (AvgIpc) is 2.42. The minimum Gasteiger partial charge on any atom is -0.395 e. The molecule has 0 atom stereocenters. The van der Waals surface area contributed by atoms with Crippen LogP contribution in [0.2, 0.25) is 0 Å². The molecule has 0 unspecified atom stereocenters. The second-order valence-corrected chi connectivity index (χ2v) is 1.75. The highest BCUT2D eigenvalue weighted by Crippen LogP contribution is 2.27. The summed E-state index contributed by atoms with van der Waals surface area (Å²) in [5, 5.41) is 11.3. The molecule has 0 aromatic rings. The van der Waals surface area contributed by atoms with Gasteiger partial charge >= 0.3 is 0 Å². The lowest BCUT2D eigenvalue weighted by atomic mass is 10.6. The zero-order chi connectivity index (χ0) is 5.11. The van der Waals surface area contributed by atoms with E-state index in [4.69, 9.17) is 5.11 Å². The van der Waals surface area contributed by atoms with Crippen molar-refractivity contribution in [3.05, 3.63) is 6.04 Å². The molecule has 1 rings (SSSR count). The van der Waals surface area contributed by atoms with Crippen molar-refractivity contribution >= 4 is 0 Å². The van der Waals surface area contributed by atoms with Gasteiger partial charge in [0.05, 0.1) is 6.61 Å². The molecule has 1 radical (unpaired) electrons. The zero-order valence-electron chi connectivity index (χ0n) is 4.28. The third-order valence-electron chi connectivity index (χ3n) is 0.987. The highest BCUT2D eigenvalue weighted by molar-refractivity contribution is 5.01. The number of hydrogen-bond acceptors (Lipinski definition) is 2. The van der Waals surface area contributed by atoms with Crippen molar-refractivity contribution in [3.63, 3.8) is 0 Å². The fourth-order valence-electron chi connectivity index (χ4n) is 0.472.